The van der Waals surface area contributed by atoms with Gasteiger partial charge in [0.2, 0.25) is 15.9 Å². The van der Waals surface area contributed by atoms with Gasteiger partial charge in [0.25, 0.3) is 5.91 Å². The first kappa shape index (κ1) is 21.3. The number of amides is 2. The van der Waals surface area contributed by atoms with Crippen LogP contribution in [0.1, 0.15) is 5.56 Å². The van der Waals surface area contributed by atoms with Gasteiger partial charge >= 0.3 is 0 Å². The molecule has 2 amide bonds. The van der Waals surface area contributed by atoms with E-state index < -0.39 is 21.8 Å². The third-order valence-electron chi connectivity index (χ3n) is 5.08. The second kappa shape index (κ2) is 8.66. The first-order valence-corrected chi connectivity index (χ1v) is 11.3. The minimum Gasteiger partial charge on any atom is -0.482 e. The van der Waals surface area contributed by atoms with E-state index in [1.165, 1.54) is 27.4 Å². The van der Waals surface area contributed by atoms with Gasteiger partial charge in [0.05, 0.1) is 23.8 Å². The summed E-state index contributed by atoms with van der Waals surface area (Å²) >= 11 is 0. The summed E-state index contributed by atoms with van der Waals surface area (Å²) < 4.78 is 38.0. The van der Waals surface area contributed by atoms with Gasteiger partial charge in [-0.3, -0.25) is 14.5 Å². The van der Waals surface area contributed by atoms with E-state index in [0.717, 1.165) is 5.56 Å². The van der Waals surface area contributed by atoms with Gasteiger partial charge < -0.3 is 14.8 Å². The molecule has 0 radical (unpaired) electrons. The van der Waals surface area contributed by atoms with Crippen molar-refractivity contribution < 1.29 is 27.5 Å². The zero-order valence-electron chi connectivity index (χ0n) is 17.0. The van der Waals surface area contributed by atoms with Crippen LogP contribution in [0.5, 0.6) is 5.75 Å². The second-order valence-corrected chi connectivity index (χ2v) is 9.27. The highest BCUT2D eigenvalue weighted by molar-refractivity contribution is 7.89. The van der Waals surface area contributed by atoms with Crippen LogP contribution in [-0.4, -0.2) is 64.0 Å². The maximum Gasteiger partial charge on any atom is 0.265 e. The number of aryl methyl sites for hydroxylation is 1. The van der Waals surface area contributed by atoms with Gasteiger partial charge in [0.1, 0.15) is 12.3 Å². The van der Waals surface area contributed by atoms with Gasteiger partial charge in [0.15, 0.2) is 6.61 Å². The molecule has 1 saturated heterocycles. The minimum atomic E-state index is -3.76. The second-order valence-electron chi connectivity index (χ2n) is 7.33. The largest absolute Gasteiger partial charge is 0.482 e. The molecule has 164 valence electrons. The molecule has 1 fully saturated rings. The predicted molar refractivity (Wildman–Crippen MR) is 114 cm³/mol. The molecule has 0 aromatic heterocycles. The summed E-state index contributed by atoms with van der Waals surface area (Å²) in [6.07, 6.45) is 0. The highest BCUT2D eigenvalue weighted by Gasteiger charge is 2.32. The van der Waals surface area contributed by atoms with Gasteiger partial charge in [-0.25, -0.2) is 8.42 Å². The number of hydrogen-bond donors (Lipinski definition) is 1. The van der Waals surface area contributed by atoms with Crippen molar-refractivity contribution in [3.05, 3.63) is 48.0 Å². The fourth-order valence-corrected chi connectivity index (χ4v) is 4.95. The number of nitrogens with one attached hydrogen (secondary N) is 1. The van der Waals surface area contributed by atoms with Gasteiger partial charge in [-0.05, 0) is 42.8 Å². The van der Waals surface area contributed by atoms with E-state index in [0.29, 0.717) is 24.7 Å². The number of anilines is 2. The quantitative estimate of drug-likeness (QED) is 0.746. The van der Waals surface area contributed by atoms with Crippen LogP contribution in [0.15, 0.2) is 47.4 Å². The Bertz CT molecular complexity index is 1110. The summed E-state index contributed by atoms with van der Waals surface area (Å²) in [6.45, 7) is 2.61. The van der Waals surface area contributed by atoms with Crippen molar-refractivity contribution in [3.8, 4) is 5.75 Å². The summed E-state index contributed by atoms with van der Waals surface area (Å²) in [5.41, 5.74) is 1.86. The fraction of sp³-hybridized carbons (Fsp3) is 0.333. The van der Waals surface area contributed by atoms with E-state index in [1.54, 1.807) is 6.07 Å². The Kier molecular flexibility index (Phi) is 5.94. The van der Waals surface area contributed by atoms with Crippen LogP contribution in [0.4, 0.5) is 11.4 Å². The number of ether oxygens (including phenoxy) is 2. The highest BCUT2D eigenvalue weighted by Crippen LogP contribution is 2.35. The standard InChI is InChI=1S/C21H23N3O6S/c1-15-3-2-4-16(11-15)22-20(25)13-24-18-12-17(5-6-19(18)30-14-21(24)26)31(27,28)23-7-9-29-10-8-23/h2-6,11-12H,7-10,13-14H2,1H3,(H,22,25). The molecule has 0 unspecified atom stereocenters. The van der Waals surface area contributed by atoms with Crippen LogP contribution in [0.25, 0.3) is 0 Å². The van der Waals surface area contributed by atoms with Gasteiger partial charge in [-0.15, -0.1) is 0 Å². The SMILES string of the molecule is Cc1cccc(NC(=O)CN2C(=O)COc3ccc(S(=O)(=O)N4CCOCC4)cc32)c1. The van der Waals surface area contributed by atoms with Crippen molar-refractivity contribution in [2.75, 3.05) is 49.7 Å². The number of fused-ring (bicyclic) bond motifs is 1. The summed E-state index contributed by atoms with van der Waals surface area (Å²) in [4.78, 5) is 26.4. The Labute approximate surface area is 180 Å². The zero-order valence-corrected chi connectivity index (χ0v) is 17.9. The lowest BCUT2D eigenvalue weighted by Gasteiger charge is -2.30. The van der Waals surface area contributed by atoms with Crippen molar-refractivity contribution in [2.45, 2.75) is 11.8 Å². The normalized spacial score (nSPS) is 17.1. The van der Waals surface area contributed by atoms with Gasteiger partial charge in [-0.2, -0.15) is 4.31 Å². The molecule has 2 aliphatic heterocycles. The Hall–Kier alpha value is -2.95. The van der Waals surface area contributed by atoms with Crippen LogP contribution in [0.2, 0.25) is 0 Å². The lowest BCUT2D eigenvalue weighted by atomic mass is 10.2. The van der Waals surface area contributed by atoms with Crippen LogP contribution in [0.3, 0.4) is 0 Å². The molecular weight excluding hydrogens is 422 g/mol. The van der Waals surface area contributed by atoms with E-state index in [1.807, 2.05) is 25.1 Å². The van der Waals surface area contributed by atoms with Crippen molar-refractivity contribution in [3.63, 3.8) is 0 Å². The Balaban J connectivity index is 1.59. The molecule has 0 spiro atoms. The average molecular weight is 445 g/mol. The first-order valence-electron chi connectivity index (χ1n) is 9.86. The van der Waals surface area contributed by atoms with E-state index in [-0.39, 0.29) is 36.8 Å². The Morgan fingerprint density at radius 1 is 1.13 bits per heavy atom. The molecule has 1 N–H and O–H groups in total. The third-order valence-corrected chi connectivity index (χ3v) is 6.98. The van der Waals surface area contributed by atoms with Crippen LogP contribution < -0.4 is 15.0 Å². The molecule has 10 heteroatoms. The molecule has 0 bridgehead atoms. The molecule has 2 aromatic rings. The van der Waals surface area contributed by atoms with Gasteiger partial charge in [0, 0.05) is 18.8 Å². The predicted octanol–water partition coefficient (Wildman–Crippen LogP) is 1.38. The van der Waals surface area contributed by atoms with Crippen LogP contribution in [-0.2, 0) is 24.3 Å². The van der Waals surface area contributed by atoms with Crippen LogP contribution >= 0.6 is 0 Å². The summed E-state index contributed by atoms with van der Waals surface area (Å²) in [6, 6.07) is 11.7. The molecule has 0 aliphatic carbocycles. The summed E-state index contributed by atoms with van der Waals surface area (Å²) in [5.74, 6) is -0.468. The lowest BCUT2D eigenvalue weighted by Crippen LogP contribution is -2.44. The molecule has 2 aliphatic rings. The maximum atomic E-state index is 13.0. The molecule has 0 atom stereocenters. The number of nitrogens with zero attached hydrogens (tertiary/aromatic N) is 2. The molecule has 31 heavy (non-hydrogen) atoms. The number of rotatable bonds is 5. The summed E-state index contributed by atoms with van der Waals surface area (Å²) in [7, 11) is -3.76. The fourth-order valence-electron chi connectivity index (χ4n) is 3.52. The lowest BCUT2D eigenvalue weighted by molar-refractivity contribution is -0.123. The van der Waals surface area contributed by atoms with Crippen molar-refractivity contribution in [2.24, 2.45) is 0 Å². The van der Waals surface area contributed by atoms with E-state index in [2.05, 4.69) is 5.32 Å². The van der Waals surface area contributed by atoms with Crippen molar-refractivity contribution >= 4 is 33.2 Å². The van der Waals surface area contributed by atoms with Crippen molar-refractivity contribution in [1.29, 1.82) is 0 Å². The van der Waals surface area contributed by atoms with Crippen LogP contribution in [0, 0.1) is 6.92 Å². The minimum absolute atomic E-state index is 0.0375. The van der Waals surface area contributed by atoms with E-state index in [4.69, 9.17) is 9.47 Å². The number of hydrogen-bond acceptors (Lipinski definition) is 6. The van der Waals surface area contributed by atoms with E-state index in [9.17, 15) is 18.0 Å². The third kappa shape index (κ3) is 4.55. The molecule has 2 heterocycles. The number of carbonyl (C=O) groups excluding carboxylic acids is 2. The highest BCUT2D eigenvalue weighted by atomic mass is 32.2. The molecule has 0 saturated carbocycles. The first-order chi connectivity index (χ1) is 14.8. The monoisotopic (exact) mass is 445 g/mol. The smallest absolute Gasteiger partial charge is 0.265 e. The number of morpholine rings is 1. The van der Waals surface area contributed by atoms with Crippen molar-refractivity contribution in [1.82, 2.24) is 4.31 Å². The number of carbonyl (C=O) groups is 2. The van der Waals surface area contributed by atoms with Gasteiger partial charge in [-0.1, -0.05) is 12.1 Å². The van der Waals surface area contributed by atoms with E-state index >= 15 is 0 Å². The Morgan fingerprint density at radius 3 is 2.65 bits per heavy atom. The molecule has 2 aromatic carbocycles. The number of sulfonamides is 1. The molecule has 9 nitrogen and oxygen atoms in total. The summed E-state index contributed by atoms with van der Waals surface area (Å²) in [5, 5.41) is 2.76. The topological polar surface area (TPSA) is 105 Å². The molecule has 4 rings (SSSR count). The Morgan fingerprint density at radius 2 is 1.90 bits per heavy atom. The molecular formula is C21H23N3O6S. The maximum absolute atomic E-state index is 13.0. The number of benzene rings is 2. The zero-order chi connectivity index (χ0) is 22.0. The average Bonchev–Trinajstić information content (AvgIpc) is 2.76.